The molecule has 1 unspecified atom stereocenters. The molecule has 0 saturated heterocycles. The van der Waals surface area contributed by atoms with E-state index in [9.17, 15) is 4.79 Å². The zero-order valence-corrected chi connectivity index (χ0v) is 8.23. The summed E-state index contributed by atoms with van der Waals surface area (Å²) in [6.07, 6.45) is 1.74. The average molecular weight is 195 g/mol. The van der Waals surface area contributed by atoms with Crippen molar-refractivity contribution in [3.05, 3.63) is 23.9 Å². The summed E-state index contributed by atoms with van der Waals surface area (Å²) in [5.74, 6) is -0.308. The van der Waals surface area contributed by atoms with Crippen LogP contribution in [0, 0.1) is 0 Å². The van der Waals surface area contributed by atoms with Gasteiger partial charge in [0.25, 0.3) is 0 Å². The zero-order chi connectivity index (χ0) is 10.6. The normalized spacial score (nSPS) is 12.1. The van der Waals surface area contributed by atoms with Gasteiger partial charge in [0.05, 0.1) is 13.5 Å². The van der Waals surface area contributed by atoms with Crippen LogP contribution in [0.2, 0.25) is 0 Å². The summed E-state index contributed by atoms with van der Waals surface area (Å²) in [6.45, 7) is 1.86. The third-order valence-electron chi connectivity index (χ3n) is 2.02. The van der Waals surface area contributed by atoms with Gasteiger partial charge in [0.15, 0.2) is 0 Å². The number of ether oxygens (including phenoxy) is 1. The van der Waals surface area contributed by atoms with Gasteiger partial charge in [0.1, 0.15) is 0 Å². The van der Waals surface area contributed by atoms with Gasteiger partial charge in [-0.25, -0.2) is 4.98 Å². The Balaban J connectivity index is 2.78. The molecule has 0 aromatic carbocycles. The summed E-state index contributed by atoms with van der Waals surface area (Å²) in [5.41, 5.74) is 0.930. The first-order valence-corrected chi connectivity index (χ1v) is 4.35. The van der Waals surface area contributed by atoms with Crippen LogP contribution in [0.5, 0.6) is 5.88 Å². The van der Waals surface area contributed by atoms with Crippen molar-refractivity contribution in [2.24, 2.45) is 0 Å². The van der Waals surface area contributed by atoms with Gasteiger partial charge >= 0.3 is 5.97 Å². The maximum atomic E-state index is 10.5. The smallest absolute Gasteiger partial charge is 0.303 e. The maximum absolute atomic E-state index is 10.5. The van der Waals surface area contributed by atoms with Crippen LogP contribution in [-0.4, -0.2) is 23.2 Å². The summed E-state index contributed by atoms with van der Waals surface area (Å²) in [7, 11) is 1.54. The number of rotatable bonds is 4. The van der Waals surface area contributed by atoms with E-state index in [0.29, 0.717) is 5.88 Å². The van der Waals surface area contributed by atoms with Gasteiger partial charge < -0.3 is 9.84 Å². The van der Waals surface area contributed by atoms with E-state index in [-0.39, 0.29) is 12.3 Å². The fourth-order valence-electron chi connectivity index (χ4n) is 1.22. The molecule has 0 radical (unpaired) electrons. The minimum Gasteiger partial charge on any atom is -0.481 e. The fraction of sp³-hybridized carbons (Fsp3) is 0.400. The van der Waals surface area contributed by atoms with Crippen molar-refractivity contribution in [1.82, 2.24) is 4.98 Å². The van der Waals surface area contributed by atoms with Gasteiger partial charge in [-0.2, -0.15) is 0 Å². The molecule has 14 heavy (non-hydrogen) atoms. The third kappa shape index (κ3) is 2.73. The Morgan fingerprint density at radius 1 is 1.71 bits per heavy atom. The largest absolute Gasteiger partial charge is 0.481 e. The molecule has 1 N–H and O–H groups in total. The Labute approximate surface area is 82.5 Å². The van der Waals surface area contributed by atoms with Crippen LogP contribution in [-0.2, 0) is 4.79 Å². The van der Waals surface area contributed by atoms with Gasteiger partial charge in [0, 0.05) is 12.3 Å². The first-order valence-electron chi connectivity index (χ1n) is 4.35. The van der Waals surface area contributed by atoms with Crippen LogP contribution in [0.4, 0.5) is 0 Å². The highest BCUT2D eigenvalue weighted by molar-refractivity contribution is 5.67. The molecule has 1 aromatic rings. The Bertz CT molecular complexity index is 325. The van der Waals surface area contributed by atoms with Crippen LogP contribution < -0.4 is 4.74 Å². The topological polar surface area (TPSA) is 59.4 Å². The molecular weight excluding hydrogens is 182 g/mol. The number of methoxy groups -OCH3 is 1. The number of nitrogens with zero attached hydrogens (tertiary/aromatic N) is 1. The Kier molecular flexibility index (Phi) is 3.45. The lowest BCUT2D eigenvalue weighted by molar-refractivity contribution is -0.137. The number of carboxylic acids is 1. The van der Waals surface area contributed by atoms with Crippen LogP contribution in [0.1, 0.15) is 24.8 Å². The number of aromatic nitrogens is 1. The number of hydrogen-bond donors (Lipinski definition) is 1. The van der Waals surface area contributed by atoms with Crippen LogP contribution in [0.3, 0.4) is 0 Å². The average Bonchev–Trinajstić information content (AvgIpc) is 2.17. The highest BCUT2D eigenvalue weighted by Gasteiger charge is 2.10. The molecule has 1 rings (SSSR count). The van der Waals surface area contributed by atoms with E-state index in [1.54, 1.807) is 18.3 Å². The van der Waals surface area contributed by atoms with E-state index < -0.39 is 5.97 Å². The third-order valence-corrected chi connectivity index (χ3v) is 2.02. The van der Waals surface area contributed by atoms with Crippen molar-refractivity contribution in [3.63, 3.8) is 0 Å². The molecule has 0 saturated carbocycles. The first-order chi connectivity index (χ1) is 6.63. The highest BCUT2D eigenvalue weighted by atomic mass is 16.5. The van der Waals surface area contributed by atoms with E-state index in [2.05, 4.69) is 4.98 Å². The monoisotopic (exact) mass is 195 g/mol. The molecule has 0 amide bonds. The van der Waals surface area contributed by atoms with Crippen LogP contribution in [0.25, 0.3) is 0 Å². The summed E-state index contributed by atoms with van der Waals surface area (Å²) in [6, 6.07) is 3.56. The molecule has 0 bridgehead atoms. The molecule has 76 valence electrons. The molecule has 0 aliphatic carbocycles. The van der Waals surface area contributed by atoms with E-state index in [1.165, 1.54) is 7.11 Å². The van der Waals surface area contributed by atoms with Gasteiger partial charge in [-0.1, -0.05) is 6.92 Å². The number of hydrogen-bond acceptors (Lipinski definition) is 3. The fourth-order valence-corrected chi connectivity index (χ4v) is 1.22. The quantitative estimate of drug-likeness (QED) is 0.793. The van der Waals surface area contributed by atoms with Gasteiger partial charge in [0.2, 0.25) is 5.88 Å². The molecule has 0 spiro atoms. The number of pyridine rings is 1. The standard InChI is InChI=1S/C10H13NO3/c1-7(5-10(12)13)8-3-4-11-9(6-8)14-2/h3-4,6-7H,5H2,1-2H3,(H,12,13). The van der Waals surface area contributed by atoms with Crippen molar-refractivity contribution in [3.8, 4) is 5.88 Å². The van der Waals surface area contributed by atoms with E-state index in [4.69, 9.17) is 9.84 Å². The molecule has 0 aliphatic heterocycles. The van der Waals surface area contributed by atoms with E-state index in [0.717, 1.165) is 5.56 Å². The Morgan fingerprint density at radius 3 is 3.00 bits per heavy atom. The molecular formula is C10H13NO3. The number of carboxylic acid groups (broad SMARTS) is 1. The Hall–Kier alpha value is -1.58. The predicted molar refractivity (Wildman–Crippen MR) is 51.5 cm³/mol. The molecule has 1 atom stereocenters. The maximum Gasteiger partial charge on any atom is 0.303 e. The second-order valence-electron chi connectivity index (χ2n) is 3.13. The molecule has 4 nitrogen and oxygen atoms in total. The van der Waals surface area contributed by atoms with Crippen molar-refractivity contribution >= 4 is 5.97 Å². The highest BCUT2D eigenvalue weighted by Crippen LogP contribution is 2.21. The SMILES string of the molecule is COc1cc(C(C)CC(=O)O)ccn1. The molecule has 0 fully saturated rings. The van der Waals surface area contributed by atoms with Crippen molar-refractivity contribution < 1.29 is 14.6 Å². The van der Waals surface area contributed by atoms with Crippen molar-refractivity contribution in [2.75, 3.05) is 7.11 Å². The number of aliphatic carboxylic acids is 1. The first kappa shape index (κ1) is 10.5. The second kappa shape index (κ2) is 4.60. The van der Waals surface area contributed by atoms with Crippen LogP contribution in [0.15, 0.2) is 18.3 Å². The molecule has 1 aromatic heterocycles. The van der Waals surface area contributed by atoms with Crippen molar-refractivity contribution in [2.45, 2.75) is 19.3 Å². The Morgan fingerprint density at radius 2 is 2.43 bits per heavy atom. The lowest BCUT2D eigenvalue weighted by Crippen LogP contribution is -2.03. The summed E-state index contributed by atoms with van der Waals surface area (Å²) < 4.78 is 4.95. The second-order valence-corrected chi connectivity index (χ2v) is 3.13. The lowest BCUT2D eigenvalue weighted by Gasteiger charge is -2.09. The number of carbonyl (C=O) groups is 1. The van der Waals surface area contributed by atoms with Crippen LogP contribution >= 0.6 is 0 Å². The molecule has 0 aliphatic rings. The van der Waals surface area contributed by atoms with Gasteiger partial charge in [-0.15, -0.1) is 0 Å². The van der Waals surface area contributed by atoms with E-state index >= 15 is 0 Å². The summed E-state index contributed by atoms with van der Waals surface area (Å²) in [5, 5.41) is 8.62. The zero-order valence-electron chi connectivity index (χ0n) is 8.23. The summed E-state index contributed by atoms with van der Waals surface area (Å²) >= 11 is 0. The minimum atomic E-state index is -0.798. The van der Waals surface area contributed by atoms with E-state index in [1.807, 2.05) is 6.92 Å². The summed E-state index contributed by atoms with van der Waals surface area (Å²) in [4.78, 5) is 14.4. The predicted octanol–water partition coefficient (Wildman–Crippen LogP) is 1.67. The minimum absolute atomic E-state index is 0.0237. The molecule has 4 heteroatoms. The van der Waals surface area contributed by atoms with Crippen molar-refractivity contribution in [1.29, 1.82) is 0 Å². The lowest BCUT2D eigenvalue weighted by atomic mass is 9.99. The van der Waals surface area contributed by atoms with Gasteiger partial charge in [-0.3, -0.25) is 4.79 Å². The molecule has 1 heterocycles. The van der Waals surface area contributed by atoms with Gasteiger partial charge in [-0.05, 0) is 17.5 Å².